The Morgan fingerprint density at radius 1 is 1.38 bits per heavy atom. The first-order valence-corrected chi connectivity index (χ1v) is 3.86. The highest BCUT2D eigenvalue weighted by Crippen LogP contribution is 1.88. The van der Waals surface area contributed by atoms with Gasteiger partial charge in [0.2, 0.25) is 0 Å². The van der Waals surface area contributed by atoms with Gasteiger partial charge in [-0.25, -0.2) is 4.98 Å². The number of rotatable bonds is 4. The number of hydrogen-bond acceptors (Lipinski definition) is 5. The number of nitrogens with zero attached hydrogens (tertiary/aromatic N) is 4. The topological polar surface area (TPSA) is 95.2 Å². The summed E-state index contributed by atoms with van der Waals surface area (Å²) in [6.45, 7) is 1.25. The average Bonchev–Trinajstić information content (AvgIpc) is 2.75. The molecule has 0 aliphatic rings. The number of H-pyrrole nitrogens is 2. The Morgan fingerprint density at radius 3 is 3.08 bits per heavy atom. The van der Waals surface area contributed by atoms with Crippen molar-refractivity contribution in [2.24, 2.45) is 0 Å². The van der Waals surface area contributed by atoms with E-state index in [1.807, 2.05) is 0 Å². The van der Waals surface area contributed by atoms with Gasteiger partial charge < -0.3 is 10.3 Å². The molecular weight excluding hydrogens is 170 g/mol. The summed E-state index contributed by atoms with van der Waals surface area (Å²) in [6, 6.07) is 0. The zero-order valence-electron chi connectivity index (χ0n) is 6.86. The van der Waals surface area contributed by atoms with E-state index in [1.165, 1.54) is 0 Å². The molecule has 0 amide bonds. The molecule has 2 aromatic rings. The molecule has 0 radical (unpaired) electrons. The van der Waals surface area contributed by atoms with E-state index in [2.05, 4.69) is 35.9 Å². The Morgan fingerprint density at radius 2 is 2.38 bits per heavy atom. The van der Waals surface area contributed by atoms with Crippen LogP contribution in [0.3, 0.4) is 0 Å². The quantitative estimate of drug-likeness (QED) is 0.571. The first kappa shape index (κ1) is 7.87. The maximum absolute atomic E-state index is 4.05. The lowest BCUT2D eigenvalue weighted by Crippen LogP contribution is -2.14. The molecule has 2 aromatic heterocycles. The van der Waals surface area contributed by atoms with Gasteiger partial charge >= 0.3 is 0 Å². The minimum atomic E-state index is 0.581. The van der Waals surface area contributed by atoms with Gasteiger partial charge in [-0.3, -0.25) is 0 Å². The maximum atomic E-state index is 4.05. The van der Waals surface area contributed by atoms with E-state index in [9.17, 15) is 0 Å². The minimum Gasteiger partial charge on any atom is -0.348 e. The van der Waals surface area contributed by atoms with Gasteiger partial charge in [0.15, 0.2) is 5.82 Å². The van der Waals surface area contributed by atoms with Crippen LogP contribution in [0.15, 0.2) is 12.4 Å². The van der Waals surface area contributed by atoms with Crippen LogP contribution >= 0.6 is 0 Å². The van der Waals surface area contributed by atoms with E-state index in [0.717, 1.165) is 5.82 Å². The third-order valence-corrected chi connectivity index (χ3v) is 1.52. The minimum absolute atomic E-state index is 0.581. The Hall–Kier alpha value is -1.76. The van der Waals surface area contributed by atoms with E-state index in [-0.39, 0.29) is 0 Å². The molecule has 0 aromatic carbocycles. The second-order valence-corrected chi connectivity index (χ2v) is 2.47. The molecule has 0 aliphatic heterocycles. The van der Waals surface area contributed by atoms with Gasteiger partial charge in [-0.1, -0.05) is 5.21 Å². The molecule has 0 bridgehead atoms. The lowest BCUT2D eigenvalue weighted by Gasteiger charge is -1.96. The summed E-state index contributed by atoms with van der Waals surface area (Å²) < 4.78 is 0. The number of nitrogens with one attached hydrogen (secondary N) is 3. The van der Waals surface area contributed by atoms with Crippen LogP contribution in [0.4, 0.5) is 0 Å². The second-order valence-electron chi connectivity index (χ2n) is 2.47. The van der Waals surface area contributed by atoms with E-state index in [1.54, 1.807) is 12.4 Å². The summed E-state index contributed by atoms with van der Waals surface area (Å²) in [4.78, 5) is 7.03. The van der Waals surface area contributed by atoms with Crippen molar-refractivity contribution in [2.45, 2.75) is 13.1 Å². The van der Waals surface area contributed by atoms with Crippen molar-refractivity contribution in [1.82, 2.24) is 35.9 Å². The largest absolute Gasteiger partial charge is 0.348 e. The van der Waals surface area contributed by atoms with E-state index in [4.69, 9.17) is 0 Å². The third kappa shape index (κ3) is 2.09. The molecule has 2 rings (SSSR count). The number of hydrogen-bond donors (Lipinski definition) is 3. The van der Waals surface area contributed by atoms with Gasteiger partial charge in [0.1, 0.15) is 5.82 Å². The summed E-state index contributed by atoms with van der Waals surface area (Å²) in [5.74, 6) is 1.54. The molecule has 3 N–H and O–H groups in total. The van der Waals surface area contributed by atoms with E-state index >= 15 is 0 Å². The molecule has 0 saturated heterocycles. The Bertz CT molecular complexity index is 290. The van der Waals surface area contributed by atoms with Gasteiger partial charge in [0.05, 0.1) is 13.1 Å². The van der Waals surface area contributed by atoms with Crippen LogP contribution in [-0.4, -0.2) is 30.6 Å². The van der Waals surface area contributed by atoms with Gasteiger partial charge in [-0.05, 0) is 0 Å². The summed E-state index contributed by atoms with van der Waals surface area (Å²) in [5, 5.41) is 16.5. The van der Waals surface area contributed by atoms with Crippen LogP contribution in [0, 0.1) is 0 Å². The predicted molar refractivity (Wildman–Crippen MR) is 43.3 cm³/mol. The molecule has 7 heteroatoms. The van der Waals surface area contributed by atoms with Crippen LogP contribution in [0.5, 0.6) is 0 Å². The van der Waals surface area contributed by atoms with Gasteiger partial charge in [0.25, 0.3) is 0 Å². The van der Waals surface area contributed by atoms with Crippen molar-refractivity contribution < 1.29 is 0 Å². The van der Waals surface area contributed by atoms with Crippen molar-refractivity contribution >= 4 is 0 Å². The first-order chi connectivity index (χ1) is 6.45. The summed E-state index contributed by atoms with van der Waals surface area (Å²) in [6.07, 6.45) is 3.50. The highest BCUT2D eigenvalue weighted by Gasteiger charge is 1.97. The Balaban J connectivity index is 1.76. The van der Waals surface area contributed by atoms with Gasteiger partial charge in [-0.2, -0.15) is 5.21 Å². The van der Waals surface area contributed by atoms with Crippen LogP contribution in [0.25, 0.3) is 0 Å². The van der Waals surface area contributed by atoms with Gasteiger partial charge in [0, 0.05) is 12.4 Å². The fourth-order valence-corrected chi connectivity index (χ4v) is 0.945. The van der Waals surface area contributed by atoms with Gasteiger partial charge in [-0.15, -0.1) is 10.2 Å². The third-order valence-electron chi connectivity index (χ3n) is 1.52. The van der Waals surface area contributed by atoms with Crippen LogP contribution in [0.2, 0.25) is 0 Å². The number of aromatic nitrogens is 6. The molecule has 0 atom stereocenters. The summed E-state index contributed by atoms with van der Waals surface area (Å²) >= 11 is 0. The molecule has 0 spiro atoms. The normalized spacial score (nSPS) is 10.5. The van der Waals surface area contributed by atoms with Crippen LogP contribution in [-0.2, 0) is 13.1 Å². The molecule has 0 fully saturated rings. The highest BCUT2D eigenvalue weighted by molar-refractivity contribution is 4.86. The van der Waals surface area contributed by atoms with Crippen molar-refractivity contribution in [3.63, 3.8) is 0 Å². The molecule has 2 heterocycles. The fraction of sp³-hybridized carbons (Fsp3) is 0.333. The maximum Gasteiger partial charge on any atom is 0.188 e. The summed E-state index contributed by atoms with van der Waals surface area (Å²) in [5.41, 5.74) is 0. The number of tetrazole rings is 1. The second kappa shape index (κ2) is 3.76. The molecule has 7 nitrogen and oxygen atoms in total. The zero-order chi connectivity index (χ0) is 8.93. The fourth-order valence-electron chi connectivity index (χ4n) is 0.945. The average molecular weight is 179 g/mol. The van der Waals surface area contributed by atoms with Crippen LogP contribution < -0.4 is 5.32 Å². The van der Waals surface area contributed by atoms with Crippen LogP contribution in [0.1, 0.15) is 11.6 Å². The monoisotopic (exact) mass is 179 g/mol. The zero-order valence-corrected chi connectivity index (χ0v) is 6.86. The van der Waals surface area contributed by atoms with E-state index < -0.39 is 0 Å². The SMILES string of the molecule is c1c[nH]c(CNCc2nn[nH]n2)n1. The Labute approximate surface area is 74.0 Å². The van der Waals surface area contributed by atoms with Crippen molar-refractivity contribution in [3.05, 3.63) is 24.0 Å². The lowest BCUT2D eigenvalue weighted by atomic mass is 10.5. The smallest absolute Gasteiger partial charge is 0.188 e. The predicted octanol–water partition coefficient (Wildman–Crippen LogP) is -0.787. The molecule has 0 saturated carbocycles. The summed E-state index contributed by atoms with van der Waals surface area (Å²) in [7, 11) is 0. The van der Waals surface area contributed by atoms with Crippen molar-refractivity contribution in [1.29, 1.82) is 0 Å². The molecule has 68 valence electrons. The molecule has 13 heavy (non-hydrogen) atoms. The lowest BCUT2D eigenvalue weighted by molar-refractivity contribution is 0.644. The van der Waals surface area contributed by atoms with E-state index in [0.29, 0.717) is 18.9 Å². The Kier molecular flexibility index (Phi) is 2.28. The first-order valence-electron chi connectivity index (χ1n) is 3.86. The number of aromatic amines is 2. The standard InChI is InChI=1S/C6H9N7/c1-2-9-5(8-1)3-7-4-6-10-12-13-11-6/h1-2,7H,3-4H2,(H,8,9)(H,10,11,12,13). The number of imidazole rings is 1. The highest BCUT2D eigenvalue weighted by atomic mass is 15.5. The molecule has 0 unspecified atom stereocenters. The van der Waals surface area contributed by atoms with Crippen molar-refractivity contribution in [2.75, 3.05) is 0 Å². The molecular formula is C6H9N7. The molecule has 0 aliphatic carbocycles. The van der Waals surface area contributed by atoms with Crippen molar-refractivity contribution in [3.8, 4) is 0 Å².